The smallest absolute Gasteiger partial charge is 0.272 e. The summed E-state index contributed by atoms with van der Waals surface area (Å²) in [6.07, 6.45) is 3.79. The van der Waals surface area contributed by atoms with Crippen molar-refractivity contribution in [3.63, 3.8) is 0 Å². The van der Waals surface area contributed by atoms with Crippen molar-refractivity contribution in [1.29, 1.82) is 0 Å². The third kappa shape index (κ3) is 3.06. The number of hydrogen-bond donors (Lipinski definition) is 1. The first kappa shape index (κ1) is 15.3. The van der Waals surface area contributed by atoms with Gasteiger partial charge in [-0.25, -0.2) is 14.4 Å². The van der Waals surface area contributed by atoms with Gasteiger partial charge < -0.3 is 0 Å². The first-order chi connectivity index (χ1) is 12.2. The average Bonchev–Trinajstić information content (AvgIpc) is 3.05. The monoisotopic (exact) mass is 334 g/mol. The molecule has 0 spiro atoms. The van der Waals surface area contributed by atoms with Crippen molar-refractivity contribution in [1.82, 2.24) is 15.4 Å². The highest BCUT2D eigenvalue weighted by molar-refractivity contribution is 5.94. The minimum Gasteiger partial charge on any atom is -0.285 e. The third-order valence-corrected chi connectivity index (χ3v) is 4.12. The number of hydrazine groups is 1. The van der Waals surface area contributed by atoms with Crippen LogP contribution < -0.4 is 10.4 Å². The van der Waals surface area contributed by atoms with Gasteiger partial charge in [0.25, 0.3) is 5.91 Å². The molecular formula is C19H15FN4O. The molecule has 25 heavy (non-hydrogen) atoms. The summed E-state index contributed by atoms with van der Waals surface area (Å²) < 4.78 is 13.3. The number of nitrogens with zero attached hydrogens (tertiary/aromatic N) is 3. The predicted octanol–water partition coefficient (Wildman–Crippen LogP) is 2.99. The molecular weight excluding hydrogens is 319 g/mol. The van der Waals surface area contributed by atoms with Crippen molar-refractivity contribution < 1.29 is 9.18 Å². The molecule has 0 saturated heterocycles. The van der Waals surface area contributed by atoms with Crippen LogP contribution in [0.3, 0.4) is 0 Å². The minimum atomic E-state index is -0.351. The number of aromatic nitrogens is 2. The highest BCUT2D eigenvalue weighted by Crippen LogP contribution is 2.25. The first-order valence-electron chi connectivity index (χ1n) is 7.95. The average molecular weight is 334 g/mol. The Balaban J connectivity index is 1.50. The molecule has 0 fully saturated rings. The van der Waals surface area contributed by atoms with Gasteiger partial charge in [0, 0.05) is 24.5 Å². The van der Waals surface area contributed by atoms with Gasteiger partial charge in [-0.15, -0.1) is 0 Å². The molecule has 0 bridgehead atoms. The van der Waals surface area contributed by atoms with Crippen LogP contribution in [0.5, 0.6) is 0 Å². The summed E-state index contributed by atoms with van der Waals surface area (Å²) in [6, 6.07) is 14.0. The van der Waals surface area contributed by atoms with Crippen LogP contribution in [0.15, 0.2) is 60.9 Å². The molecule has 2 aromatic carbocycles. The van der Waals surface area contributed by atoms with Gasteiger partial charge in [-0.2, -0.15) is 0 Å². The Morgan fingerprint density at radius 3 is 2.68 bits per heavy atom. The van der Waals surface area contributed by atoms with E-state index in [4.69, 9.17) is 0 Å². The number of fused-ring (bicyclic) bond motifs is 1. The van der Waals surface area contributed by atoms with Crippen LogP contribution in [-0.4, -0.2) is 22.4 Å². The molecule has 0 saturated carbocycles. The summed E-state index contributed by atoms with van der Waals surface area (Å²) in [6.45, 7) is 0.729. The SMILES string of the molecule is O=C(NN1CCc2ccccc21)c1cnc(-c2cccc(F)c2)nc1. The summed E-state index contributed by atoms with van der Waals surface area (Å²) in [5.41, 5.74) is 6.01. The molecule has 1 aromatic heterocycles. The molecule has 6 heteroatoms. The van der Waals surface area contributed by atoms with Crippen molar-refractivity contribution in [2.45, 2.75) is 6.42 Å². The van der Waals surface area contributed by atoms with Crippen molar-refractivity contribution in [2.75, 3.05) is 11.6 Å². The Morgan fingerprint density at radius 1 is 1.08 bits per heavy atom. The molecule has 0 unspecified atom stereocenters. The number of benzene rings is 2. The fourth-order valence-electron chi connectivity index (χ4n) is 2.86. The lowest BCUT2D eigenvalue weighted by Gasteiger charge is -2.20. The molecule has 3 aromatic rings. The van der Waals surface area contributed by atoms with E-state index in [9.17, 15) is 9.18 Å². The van der Waals surface area contributed by atoms with Gasteiger partial charge in [-0.05, 0) is 30.2 Å². The largest absolute Gasteiger partial charge is 0.285 e. The standard InChI is InChI=1S/C19H15FN4O/c20-16-6-3-5-14(10-16)18-21-11-15(12-22-18)19(25)23-24-9-8-13-4-1-2-7-17(13)24/h1-7,10-12H,8-9H2,(H,23,25). The molecule has 1 aliphatic rings. The van der Waals surface area contributed by atoms with Crippen LogP contribution in [0, 0.1) is 5.82 Å². The Labute approximate surface area is 144 Å². The molecule has 1 amide bonds. The van der Waals surface area contributed by atoms with Gasteiger partial charge in [-0.1, -0.05) is 30.3 Å². The van der Waals surface area contributed by atoms with Crippen LogP contribution in [-0.2, 0) is 6.42 Å². The number of nitrogens with one attached hydrogen (secondary N) is 1. The van der Waals surface area contributed by atoms with E-state index in [2.05, 4.69) is 21.5 Å². The number of anilines is 1. The van der Waals surface area contributed by atoms with Gasteiger partial charge in [-0.3, -0.25) is 15.2 Å². The van der Waals surface area contributed by atoms with Gasteiger partial charge in [0.05, 0.1) is 11.3 Å². The lowest BCUT2D eigenvalue weighted by Crippen LogP contribution is -2.41. The number of para-hydroxylation sites is 1. The number of halogens is 1. The van der Waals surface area contributed by atoms with Crippen LogP contribution in [0.2, 0.25) is 0 Å². The second-order valence-corrected chi connectivity index (χ2v) is 5.78. The van der Waals surface area contributed by atoms with Crippen LogP contribution in [0.1, 0.15) is 15.9 Å². The number of hydrogen-bond acceptors (Lipinski definition) is 4. The second-order valence-electron chi connectivity index (χ2n) is 5.78. The van der Waals surface area contributed by atoms with E-state index in [1.54, 1.807) is 12.1 Å². The van der Waals surface area contributed by atoms with Gasteiger partial charge in [0.15, 0.2) is 5.82 Å². The lowest BCUT2D eigenvalue weighted by atomic mass is 10.2. The van der Waals surface area contributed by atoms with Crippen LogP contribution in [0.4, 0.5) is 10.1 Å². The van der Waals surface area contributed by atoms with E-state index in [-0.39, 0.29) is 11.7 Å². The molecule has 124 valence electrons. The molecule has 5 nitrogen and oxygen atoms in total. The quantitative estimate of drug-likeness (QED) is 0.800. The van der Waals surface area contributed by atoms with E-state index < -0.39 is 0 Å². The fraction of sp³-hybridized carbons (Fsp3) is 0.105. The first-order valence-corrected chi connectivity index (χ1v) is 7.95. The number of carbonyl (C=O) groups excluding carboxylic acids is 1. The third-order valence-electron chi connectivity index (χ3n) is 4.12. The minimum absolute atomic E-state index is 0.275. The van der Waals surface area contributed by atoms with Gasteiger partial charge >= 0.3 is 0 Å². The maximum atomic E-state index is 13.3. The highest BCUT2D eigenvalue weighted by Gasteiger charge is 2.20. The molecule has 2 heterocycles. The zero-order valence-corrected chi connectivity index (χ0v) is 13.3. The summed E-state index contributed by atoms with van der Waals surface area (Å²) in [5, 5.41) is 1.83. The summed E-state index contributed by atoms with van der Waals surface area (Å²) in [7, 11) is 0. The Bertz CT molecular complexity index is 927. The maximum Gasteiger partial charge on any atom is 0.272 e. The molecule has 0 radical (unpaired) electrons. The van der Waals surface area contributed by atoms with Gasteiger partial charge in [0.2, 0.25) is 0 Å². The predicted molar refractivity (Wildman–Crippen MR) is 92.4 cm³/mol. The Kier molecular flexibility index (Phi) is 3.85. The van der Waals surface area contributed by atoms with Crippen molar-refractivity contribution in [3.8, 4) is 11.4 Å². The van der Waals surface area contributed by atoms with E-state index in [0.29, 0.717) is 17.0 Å². The fourth-order valence-corrected chi connectivity index (χ4v) is 2.86. The molecule has 1 aliphatic heterocycles. The van der Waals surface area contributed by atoms with Gasteiger partial charge in [0.1, 0.15) is 5.82 Å². The highest BCUT2D eigenvalue weighted by atomic mass is 19.1. The molecule has 0 aliphatic carbocycles. The number of carbonyl (C=O) groups is 1. The van der Waals surface area contributed by atoms with Crippen molar-refractivity contribution in [2.24, 2.45) is 0 Å². The number of amides is 1. The maximum absolute atomic E-state index is 13.3. The molecule has 4 rings (SSSR count). The summed E-state index contributed by atoms with van der Waals surface area (Å²) >= 11 is 0. The number of rotatable bonds is 3. The van der Waals surface area contributed by atoms with Crippen LogP contribution in [0.25, 0.3) is 11.4 Å². The zero-order chi connectivity index (χ0) is 17.2. The van der Waals surface area contributed by atoms with E-state index in [1.165, 1.54) is 30.1 Å². The Hall–Kier alpha value is -3.28. The molecule has 1 N–H and O–H groups in total. The Morgan fingerprint density at radius 2 is 1.88 bits per heavy atom. The normalized spacial score (nSPS) is 12.8. The molecule has 0 atom stereocenters. The topological polar surface area (TPSA) is 58.1 Å². The van der Waals surface area contributed by atoms with Crippen molar-refractivity contribution in [3.05, 3.63) is 77.9 Å². The lowest BCUT2D eigenvalue weighted by molar-refractivity contribution is 0.0949. The summed E-state index contributed by atoms with van der Waals surface area (Å²) in [5.74, 6) is -0.249. The van der Waals surface area contributed by atoms with E-state index in [0.717, 1.165) is 18.7 Å². The summed E-state index contributed by atoms with van der Waals surface area (Å²) in [4.78, 5) is 20.8. The van der Waals surface area contributed by atoms with Crippen LogP contribution >= 0.6 is 0 Å². The zero-order valence-electron chi connectivity index (χ0n) is 13.3. The van der Waals surface area contributed by atoms with Crippen molar-refractivity contribution >= 4 is 11.6 Å². The second kappa shape index (κ2) is 6.32. The van der Waals surface area contributed by atoms with E-state index >= 15 is 0 Å². The van der Waals surface area contributed by atoms with E-state index in [1.807, 2.05) is 23.2 Å².